The van der Waals surface area contributed by atoms with E-state index in [0.29, 0.717) is 22.6 Å². The molecule has 8 heteroatoms. The van der Waals surface area contributed by atoms with E-state index >= 15 is 0 Å². The van der Waals surface area contributed by atoms with Crippen LogP contribution in [-0.4, -0.2) is 21.2 Å². The first-order valence-corrected chi connectivity index (χ1v) is 8.01. The Kier molecular flexibility index (Phi) is 4.95. The third kappa shape index (κ3) is 4.16. The first-order valence-electron chi connectivity index (χ1n) is 8.01. The molecule has 134 valence electrons. The Morgan fingerprint density at radius 3 is 2.37 bits per heavy atom. The Hall–Kier alpha value is -3.99. The zero-order valence-corrected chi connectivity index (χ0v) is 14.7. The molecule has 0 fully saturated rings. The van der Waals surface area contributed by atoms with Gasteiger partial charge in [-0.25, -0.2) is 0 Å². The van der Waals surface area contributed by atoms with Crippen LogP contribution in [0.2, 0.25) is 0 Å². The van der Waals surface area contributed by atoms with E-state index in [9.17, 15) is 4.79 Å². The number of hydrogen-bond acceptors (Lipinski definition) is 8. The molecule has 27 heavy (non-hydrogen) atoms. The Bertz CT molecular complexity index is 1020. The fraction of sp³-hybridized carbons (Fsp3) is 0.105. The summed E-state index contributed by atoms with van der Waals surface area (Å²) in [6.07, 6.45) is 0.782. The molecule has 1 aromatic heterocycles. The van der Waals surface area contributed by atoms with Crippen LogP contribution in [0.5, 0.6) is 11.8 Å². The van der Waals surface area contributed by atoms with Crippen LogP contribution in [0, 0.1) is 25.2 Å². The Labute approximate surface area is 155 Å². The fourth-order valence-corrected chi connectivity index (χ4v) is 2.53. The van der Waals surface area contributed by atoms with Gasteiger partial charge in [0.05, 0.1) is 11.6 Å². The molecule has 0 aliphatic heterocycles. The third-order valence-corrected chi connectivity index (χ3v) is 3.71. The molecule has 0 unspecified atom stereocenters. The number of carbonyl (C=O) groups is 1. The fourth-order valence-electron chi connectivity index (χ4n) is 2.53. The number of nitrogens with one attached hydrogen (secondary N) is 1. The zero-order chi connectivity index (χ0) is 19.4. The number of nitrogens with zero attached hydrogens (tertiary/aromatic N) is 4. The minimum atomic E-state index is -0.00374. The molecule has 3 N–H and O–H groups in total. The second kappa shape index (κ2) is 7.49. The normalized spacial score (nSPS) is 10.1. The van der Waals surface area contributed by atoms with Crippen LogP contribution in [0.3, 0.4) is 0 Å². The molecule has 0 saturated heterocycles. The molecule has 0 aliphatic carbocycles. The quantitative estimate of drug-likeness (QED) is 0.664. The molecule has 0 saturated carbocycles. The van der Waals surface area contributed by atoms with Gasteiger partial charge in [0.1, 0.15) is 12.0 Å². The van der Waals surface area contributed by atoms with Gasteiger partial charge in [-0.05, 0) is 61.4 Å². The molecular formula is C19H16N6O2. The molecule has 3 aromatic rings. The smallest absolute Gasteiger partial charge is 0.328 e. The highest BCUT2D eigenvalue weighted by atomic mass is 16.5. The van der Waals surface area contributed by atoms with Crippen LogP contribution >= 0.6 is 0 Å². The number of aromatic nitrogens is 3. The minimum absolute atomic E-state index is 0.00374. The van der Waals surface area contributed by atoms with E-state index in [2.05, 4.69) is 26.3 Å². The number of anilines is 3. The molecule has 8 nitrogen and oxygen atoms in total. The van der Waals surface area contributed by atoms with Crippen molar-refractivity contribution in [3.63, 3.8) is 0 Å². The van der Waals surface area contributed by atoms with Gasteiger partial charge >= 0.3 is 6.01 Å². The summed E-state index contributed by atoms with van der Waals surface area (Å²) in [6, 6.07) is 12.3. The standard InChI is InChI=1S/C19H16N6O2/c1-11-7-14(10-26)8-12(2)16(11)27-19-24-17(21)23-18(25-19)22-15-5-3-13(9-20)4-6-15/h3-8,10H,1-2H3,(H3,21,22,23,24,25). The van der Waals surface area contributed by atoms with Gasteiger partial charge in [-0.1, -0.05) is 0 Å². The number of aldehydes is 1. The molecule has 3 rings (SSSR count). The molecule has 0 atom stereocenters. The summed E-state index contributed by atoms with van der Waals surface area (Å²) < 4.78 is 5.79. The lowest BCUT2D eigenvalue weighted by molar-refractivity contribution is 0.112. The number of nitrogens with two attached hydrogens (primary N) is 1. The van der Waals surface area contributed by atoms with Crippen LogP contribution in [0.4, 0.5) is 17.6 Å². The molecule has 0 amide bonds. The van der Waals surface area contributed by atoms with E-state index in [4.69, 9.17) is 15.7 Å². The zero-order valence-electron chi connectivity index (χ0n) is 14.7. The lowest BCUT2D eigenvalue weighted by atomic mass is 10.1. The predicted molar refractivity (Wildman–Crippen MR) is 100 cm³/mol. The number of ether oxygens (including phenoxy) is 1. The summed E-state index contributed by atoms with van der Waals surface area (Å²) in [5.41, 5.74) is 9.11. The van der Waals surface area contributed by atoms with Crippen LogP contribution in [0.25, 0.3) is 0 Å². The van der Waals surface area contributed by atoms with Gasteiger partial charge in [0, 0.05) is 11.3 Å². The maximum absolute atomic E-state index is 11.0. The van der Waals surface area contributed by atoms with Crippen LogP contribution in [0.1, 0.15) is 27.0 Å². The maximum atomic E-state index is 11.0. The van der Waals surface area contributed by atoms with E-state index < -0.39 is 0 Å². The molecule has 0 bridgehead atoms. The molecule has 1 heterocycles. The molecule has 0 spiro atoms. The van der Waals surface area contributed by atoms with Gasteiger partial charge < -0.3 is 15.8 Å². The van der Waals surface area contributed by atoms with Crippen LogP contribution in [0.15, 0.2) is 36.4 Å². The lowest BCUT2D eigenvalue weighted by Gasteiger charge is -2.12. The second-order valence-electron chi connectivity index (χ2n) is 5.82. The van der Waals surface area contributed by atoms with Gasteiger partial charge in [-0.15, -0.1) is 0 Å². The number of hydrogen-bond donors (Lipinski definition) is 2. The Balaban J connectivity index is 1.87. The van der Waals surface area contributed by atoms with Crippen molar-refractivity contribution in [3.05, 3.63) is 58.7 Å². The van der Waals surface area contributed by atoms with Gasteiger partial charge in [-0.2, -0.15) is 20.2 Å². The summed E-state index contributed by atoms with van der Waals surface area (Å²) in [5.74, 6) is 0.758. The highest BCUT2D eigenvalue weighted by Gasteiger charge is 2.12. The van der Waals surface area contributed by atoms with Crippen molar-refractivity contribution >= 4 is 23.9 Å². The second-order valence-corrected chi connectivity index (χ2v) is 5.82. The minimum Gasteiger partial charge on any atom is -0.424 e. The first-order chi connectivity index (χ1) is 13.0. The summed E-state index contributed by atoms with van der Waals surface area (Å²) >= 11 is 0. The van der Waals surface area contributed by atoms with Gasteiger partial charge in [0.2, 0.25) is 11.9 Å². The van der Waals surface area contributed by atoms with E-state index in [1.165, 1.54) is 0 Å². The summed E-state index contributed by atoms with van der Waals surface area (Å²) in [6.45, 7) is 3.66. The monoisotopic (exact) mass is 360 g/mol. The van der Waals surface area contributed by atoms with Crippen molar-refractivity contribution in [2.24, 2.45) is 0 Å². The summed E-state index contributed by atoms with van der Waals surface area (Å²) in [4.78, 5) is 23.2. The Morgan fingerprint density at radius 2 is 1.78 bits per heavy atom. The lowest BCUT2D eigenvalue weighted by Crippen LogP contribution is -2.06. The Morgan fingerprint density at radius 1 is 1.11 bits per heavy atom. The number of nitriles is 1. The number of benzene rings is 2. The average molecular weight is 360 g/mol. The van der Waals surface area contributed by atoms with Crippen molar-refractivity contribution in [2.75, 3.05) is 11.1 Å². The van der Waals surface area contributed by atoms with E-state index in [1.807, 2.05) is 13.8 Å². The highest BCUT2D eigenvalue weighted by Crippen LogP contribution is 2.28. The molecular weight excluding hydrogens is 344 g/mol. The SMILES string of the molecule is Cc1cc(C=O)cc(C)c1Oc1nc(N)nc(Nc2ccc(C#N)cc2)n1. The van der Waals surface area contributed by atoms with Crippen molar-refractivity contribution in [1.82, 2.24) is 15.0 Å². The third-order valence-electron chi connectivity index (χ3n) is 3.71. The number of carbonyl (C=O) groups excluding carboxylic acids is 1. The van der Waals surface area contributed by atoms with Gasteiger partial charge in [-0.3, -0.25) is 4.79 Å². The maximum Gasteiger partial charge on any atom is 0.328 e. The van der Waals surface area contributed by atoms with E-state index in [-0.39, 0.29) is 17.9 Å². The highest BCUT2D eigenvalue weighted by molar-refractivity contribution is 5.76. The van der Waals surface area contributed by atoms with E-state index in [0.717, 1.165) is 17.4 Å². The van der Waals surface area contributed by atoms with Crippen molar-refractivity contribution < 1.29 is 9.53 Å². The summed E-state index contributed by atoms with van der Waals surface area (Å²) in [7, 11) is 0. The van der Waals surface area contributed by atoms with Crippen molar-refractivity contribution in [2.45, 2.75) is 13.8 Å². The number of nitrogen functional groups attached to an aromatic ring is 1. The number of rotatable bonds is 5. The van der Waals surface area contributed by atoms with Crippen molar-refractivity contribution in [1.29, 1.82) is 5.26 Å². The average Bonchev–Trinajstić information content (AvgIpc) is 2.64. The van der Waals surface area contributed by atoms with E-state index in [1.54, 1.807) is 36.4 Å². The molecule has 0 radical (unpaired) electrons. The van der Waals surface area contributed by atoms with Gasteiger partial charge in [0.25, 0.3) is 0 Å². The van der Waals surface area contributed by atoms with Crippen molar-refractivity contribution in [3.8, 4) is 17.8 Å². The summed E-state index contributed by atoms with van der Waals surface area (Å²) in [5, 5.41) is 11.8. The molecule has 0 aliphatic rings. The van der Waals surface area contributed by atoms with Crippen LogP contribution in [-0.2, 0) is 0 Å². The largest absolute Gasteiger partial charge is 0.424 e. The topological polar surface area (TPSA) is 127 Å². The predicted octanol–water partition coefficient (Wildman–Crippen LogP) is 3.29. The first kappa shape index (κ1) is 17.8. The van der Waals surface area contributed by atoms with Crippen LogP contribution < -0.4 is 15.8 Å². The number of aryl methyl sites for hydroxylation is 2. The molecule has 2 aromatic carbocycles. The van der Waals surface area contributed by atoms with Gasteiger partial charge in [0.15, 0.2) is 0 Å².